The Morgan fingerprint density at radius 1 is 1.24 bits per heavy atom. The summed E-state index contributed by atoms with van der Waals surface area (Å²) in [5.41, 5.74) is 1.96. The maximum atomic E-state index is 11.7. The topological polar surface area (TPSA) is 39.1 Å². The van der Waals surface area contributed by atoms with Crippen LogP contribution >= 0.6 is 11.6 Å². The van der Waals surface area contributed by atoms with Gasteiger partial charge in [0.1, 0.15) is 0 Å². The van der Waals surface area contributed by atoms with Crippen molar-refractivity contribution < 1.29 is 9.59 Å². The molecule has 0 spiro atoms. The summed E-state index contributed by atoms with van der Waals surface area (Å²) in [5, 5.41) is 1.29. The molecule has 0 saturated heterocycles. The number of hydrogen-bond acceptors (Lipinski definition) is 2. The maximum Gasteiger partial charge on any atom is 0.228 e. The molecule has 17 heavy (non-hydrogen) atoms. The quantitative estimate of drug-likeness (QED) is 0.726. The normalized spacial score (nSPS) is 10.8. The highest BCUT2D eigenvalue weighted by Gasteiger charge is 2.19. The molecule has 88 valence electrons. The third-order valence-corrected chi connectivity index (χ3v) is 3.07. The Morgan fingerprint density at radius 2 is 1.88 bits per heavy atom. The molecule has 0 amide bonds. The van der Waals surface area contributed by atoms with Gasteiger partial charge in [0.2, 0.25) is 5.91 Å². The van der Waals surface area contributed by atoms with E-state index in [-0.39, 0.29) is 11.7 Å². The molecule has 0 aliphatic carbocycles. The van der Waals surface area contributed by atoms with E-state index in [2.05, 4.69) is 0 Å². The first kappa shape index (κ1) is 11.9. The number of carbonyl (C=O) groups excluding carboxylic acids is 2. The molecule has 0 radical (unpaired) electrons. The second-order valence-electron chi connectivity index (χ2n) is 4.03. The Morgan fingerprint density at radius 3 is 2.41 bits per heavy atom. The highest BCUT2D eigenvalue weighted by atomic mass is 35.5. The number of carbonyl (C=O) groups is 2. The van der Waals surface area contributed by atoms with Crippen LogP contribution in [-0.4, -0.2) is 16.3 Å². The van der Waals surface area contributed by atoms with E-state index in [1.807, 2.05) is 0 Å². The maximum absolute atomic E-state index is 11.7. The summed E-state index contributed by atoms with van der Waals surface area (Å²) in [4.78, 5) is 23.3. The molecule has 0 N–H and O–H groups in total. The fraction of sp³-hybridized carbons (Fsp3) is 0.231. The Kier molecular flexibility index (Phi) is 2.79. The number of ketones is 1. The van der Waals surface area contributed by atoms with E-state index in [9.17, 15) is 9.59 Å². The number of rotatable bonds is 1. The predicted octanol–water partition coefficient (Wildman–Crippen LogP) is 3.47. The molecule has 0 aliphatic heterocycles. The van der Waals surface area contributed by atoms with Crippen LogP contribution in [0.1, 0.15) is 34.7 Å². The third kappa shape index (κ3) is 1.76. The summed E-state index contributed by atoms with van der Waals surface area (Å²) in [6, 6.07) is 5.20. The molecule has 0 unspecified atom stereocenters. The van der Waals surface area contributed by atoms with Crippen LogP contribution in [0, 0.1) is 6.92 Å². The molecule has 2 aromatic rings. The molecular weight excluding hydrogens is 238 g/mol. The lowest BCUT2D eigenvalue weighted by Gasteiger charge is -2.02. The SMILES string of the molecule is CC(=O)c1c(C)n(C(C)=O)c2ccc(Cl)cc12. The Bertz CT molecular complexity index is 640. The number of hydrogen-bond donors (Lipinski definition) is 0. The molecule has 2 rings (SSSR count). The third-order valence-electron chi connectivity index (χ3n) is 2.83. The zero-order chi connectivity index (χ0) is 12.7. The van der Waals surface area contributed by atoms with E-state index >= 15 is 0 Å². The fourth-order valence-electron chi connectivity index (χ4n) is 2.24. The van der Waals surface area contributed by atoms with Crippen molar-refractivity contribution in [2.45, 2.75) is 20.8 Å². The first-order valence-electron chi connectivity index (χ1n) is 5.26. The van der Waals surface area contributed by atoms with Crippen LogP contribution in [0.25, 0.3) is 10.9 Å². The molecule has 3 nitrogen and oxygen atoms in total. The van der Waals surface area contributed by atoms with Crippen LogP contribution < -0.4 is 0 Å². The van der Waals surface area contributed by atoms with E-state index in [0.717, 1.165) is 10.9 Å². The van der Waals surface area contributed by atoms with Crippen LogP contribution in [0.15, 0.2) is 18.2 Å². The molecule has 0 fully saturated rings. The summed E-state index contributed by atoms with van der Waals surface area (Å²) in [6.45, 7) is 4.74. The molecule has 0 aliphatic rings. The minimum atomic E-state index is -0.109. The van der Waals surface area contributed by atoms with Crippen molar-refractivity contribution in [3.8, 4) is 0 Å². The largest absolute Gasteiger partial charge is 0.294 e. The molecule has 0 saturated carbocycles. The number of halogens is 1. The van der Waals surface area contributed by atoms with Gasteiger partial charge >= 0.3 is 0 Å². The Hall–Kier alpha value is -1.61. The lowest BCUT2D eigenvalue weighted by atomic mass is 10.1. The zero-order valence-electron chi connectivity index (χ0n) is 9.87. The second kappa shape index (κ2) is 4.00. The van der Waals surface area contributed by atoms with Gasteiger partial charge in [-0.3, -0.25) is 14.2 Å². The number of aromatic nitrogens is 1. The minimum absolute atomic E-state index is 0.0604. The Balaban J connectivity index is 2.98. The first-order chi connectivity index (χ1) is 7.93. The summed E-state index contributed by atoms with van der Waals surface area (Å²) in [6.07, 6.45) is 0. The fourth-order valence-corrected chi connectivity index (χ4v) is 2.41. The van der Waals surface area contributed by atoms with Crippen LogP contribution in [0.5, 0.6) is 0 Å². The van der Waals surface area contributed by atoms with E-state index in [4.69, 9.17) is 11.6 Å². The van der Waals surface area contributed by atoms with Crippen molar-refractivity contribution in [1.29, 1.82) is 0 Å². The van der Waals surface area contributed by atoms with Gasteiger partial charge in [-0.25, -0.2) is 0 Å². The number of fused-ring (bicyclic) bond motifs is 1. The smallest absolute Gasteiger partial charge is 0.228 e. The molecule has 1 aromatic heterocycles. The number of benzene rings is 1. The van der Waals surface area contributed by atoms with Crippen LogP contribution in [0.3, 0.4) is 0 Å². The van der Waals surface area contributed by atoms with Crippen LogP contribution in [-0.2, 0) is 0 Å². The van der Waals surface area contributed by atoms with Gasteiger partial charge in [-0.05, 0) is 32.0 Å². The highest BCUT2D eigenvalue weighted by Crippen LogP contribution is 2.28. The van der Waals surface area contributed by atoms with Crippen molar-refractivity contribution in [2.75, 3.05) is 0 Å². The standard InChI is InChI=1S/C13H12ClNO2/c1-7-13(8(2)16)11-6-10(14)4-5-12(11)15(7)9(3)17/h4-6H,1-3H3. The van der Waals surface area contributed by atoms with Crippen molar-refractivity contribution in [3.63, 3.8) is 0 Å². The summed E-state index contributed by atoms with van der Waals surface area (Å²) in [7, 11) is 0. The molecule has 1 heterocycles. The van der Waals surface area contributed by atoms with Gasteiger partial charge in [0.15, 0.2) is 5.78 Å². The lowest BCUT2D eigenvalue weighted by Crippen LogP contribution is -2.08. The molecule has 1 aromatic carbocycles. The average Bonchev–Trinajstić information content (AvgIpc) is 2.48. The van der Waals surface area contributed by atoms with E-state index in [1.165, 1.54) is 13.8 Å². The highest BCUT2D eigenvalue weighted by molar-refractivity contribution is 6.31. The van der Waals surface area contributed by atoms with Gasteiger partial charge in [-0.2, -0.15) is 0 Å². The van der Waals surface area contributed by atoms with Crippen molar-refractivity contribution >= 4 is 34.2 Å². The molecule has 0 bridgehead atoms. The first-order valence-corrected chi connectivity index (χ1v) is 5.63. The van der Waals surface area contributed by atoms with E-state index in [0.29, 0.717) is 16.3 Å². The van der Waals surface area contributed by atoms with E-state index in [1.54, 1.807) is 29.7 Å². The molecular formula is C13H12ClNO2. The van der Waals surface area contributed by atoms with Gasteiger partial charge in [-0.15, -0.1) is 0 Å². The van der Waals surface area contributed by atoms with Gasteiger partial charge in [-0.1, -0.05) is 11.6 Å². The summed E-state index contributed by atoms with van der Waals surface area (Å²) < 4.78 is 1.54. The van der Waals surface area contributed by atoms with Gasteiger partial charge < -0.3 is 0 Å². The van der Waals surface area contributed by atoms with Crippen molar-refractivity contribution in [3.05, 3.63) is 34.5 Å². The summed E-state index contributed by atoms with van der Waals surface area (Å²) in [5.74, 6) is -0.169. The zero-order valence-corrected chi connectivity index (χ0v) is 10.6. The van der Waals surface area contributed by atoms with Crippen molar-refractivity contribution in [2.24, 2.45) is 0 Å². The molecule has 4 heteroatoms. The van der Waals surface area contributed by atoms with Gasteiger partial charge in [0, 0.05) is 28.6 Å². The van der Waals surface area contributed by atoms with Gasteiger partial charge in [0.25, 0.3) is 0 Å². The van der Waals surface area contributed by atoms with E-state index < -0.39 is 0 Å². The van der Waals surface area contributed by atoms with Crippen LogP contribution in [0.2, 0.25) is 5.02 Å². The van der Waals surface area contributed by atoms with Crippen molar-refractivity contribution in [1.82, 2.24) is 4.57 Å². The second-order valence-corrected chi connectivity index (χ2v) is 4.47. The predicted molar refractivity (Wildman–Crippen MR) is 68.0 cm³/mol. The van der Waals surface area contributed by atoms with Gasteiger partial charge in [0.05, 0.1) is 5.52 Å². The Labute approximate surface area is 104 Å². The molecule has 0 atom stereocenters. The van der Waals surface area contributed by atoms with Crippen LogP contribution in [0.4, 0.5) is 0 Å². The average molecular weight is 250 g/mol. The number of Topliss-reactive ketones (excluding diaryl/α,β-unsaturated/α-hetero) is 1. The lowest BCUT2D eigenvalue weighted by molar-refractivity contribution is 0.0939. The minimum Gasteiger partial charge on any atom is -0.294 e. The number of nitrogens with zero attached hydrogens (tertiary/aromatic N) is 1. The monoisotopic (exact) mass is 249 g/mol. The summed E-state index contributed by atoms with van der Waals surface area (Å²) >= 11 is 5.93.